The molecule has 0 aromatic heterocycles. The third-order valence-corrected chi connectivity index (χ3v) is 6.77. The minimum absolute atomic E-state index is 0.320. The van der Waals surface area contributed by atoms with Crippen LogP contribution in [0.5, 0.6) is 0 Å². The lowest BCUT2D eigenvalue weighted by Gasteiger charge is -2.48. The van der Waals surface area contributed by atoms with Crippen molar-refractivity contribution in [3.63, 3.8) is 0 Å². The second-order valence-electron chi connectivity index (χ2n) is 9.71. The minimum atomic E-state index is -1.08. The van der Waals surface area contributed by atoms with Gasteiger partial charge in [-0.25, -0.2) is 0 Å². The van der Waals surface area contributed by atoms with Crippen molar-refractivity contribution >= 4 is 11.9 Å². The Balaban J connectivity index is 2.52. The molecule has 0 radical (unpaired) electrons. The molecular weight excluding hydrogens is 368 g/mol. The van der Waals surface area contributed by atoms with Crippen LogP contribution in [0.2, 0.25) is 0 Å². The van der Waals surface area contributed by atoms with Gasteiger partial charge in [0.2, 0.25) is 0 Å². The molecule has 0 saturated heterocycles. The van der Waals surface area contributed by atoms with Crippen LogP contribution in [0.15, 0.2) is 24.3 Å². The van der Waals surface area contributed by atoms with E-state index in [1.54, 1.807) is 13.8 Å². The van der Waals surface area contributed by atoms with E-state index in [4.69, 9.17) is 9.47 Å². The summed E-state index contributed by atoms with van der Waals surface area (Å²) >= 11 is 0. The van der Waals surface area contributed by atoms with Crippen LogP contribution in [0.4, 0.5) is 0 Å². The molecule has 164 valence electrons. The van der Waals surface area contributed by atoms with Gasteiger partial charge in [-0.15, -0.1) is 0 Å². The number of allylic oxidation sites excluding steroid dienone is 2. The highest BCUT2D eigenvalue weighted by Crippen LogP contribution is 2.54. The minimum Gasteiger partial charge on any atom is -0.462 e. The SMILES string of the molecule is C=C1C[C@@H](OC(C)=O)[C@H](C(C)(C)O)[C@]2(C)C=C[C@H](C)[C@H]2CCCC[C@@H]1OC(C)=O. The number of aliphatic hydroxyl groups is 1. The maximum Gasteiger partial charge on any atom is 0.303 e. The van der Waals surface area contributed by atoms with Gasteiger partial charge in [0.1, 0.15) is 12.2 Å². The number of rotatable bonds is 3. The average Bonchev–Trinajstić information content (AvgIpc) is 2.82. The number of ether oxygens (including phenoxy) is 2. The molecule has 5 nitrogen and oxygen atoms in total. The van der Waals surface area contributed by atoms with Crippen molar-refractivity contribution in [3.05, 3.63) is 24.3 Å². The summed E-state index contributed by atoms with van der Waals surface area (Å²) in [5.41, 5.74) is -0.663. The van der Waals surface area contributed by atoms with Gasteiger partial charge in [-0.05, 0) is 55.9 Å². The van der Waals surface area contributed by atoms with E-state index in [2.05, 4.69) is 32.6 Å². The molecule has 29 heavy (non-hydrogen) atoms. The molecule has 0 aromatic rings. The molecule has 6 atom stereocenters. The first kappa shape index (κ1) is 23.7. The van der Waals surface area contributed by atoms with Crippen LogP contribution in [0.3, 0.4) is 0 Å². The number of hydrogen-bond acceptors (Lipinski definition) is 5. The zero-order valence-corrected chi connectivity index (χ0v) is 18.9. The van der Waals surface area contributed by atoms with Gasteiger partial charge in [0.05, 0.1) is 5.60 Å². The van der Waals surface area contributed by atoms with Crippen molar-refractivity contribution < 1.29 is 24.2 Å². The molecule has 0 unspecified atom stereocenters. The summed E-state index contributed by atoms with van der Waals surface area (Å²) in [6, 6.07) is 0. The summed E-state index contributed by atoms with van der Waals surface area (Å²) in [6.07, 6.45) is 7.51. The van der Waals surface area contributed by atoms with E-state index in [9.17, 15) is 14.7 Å². The molecule has 0 amide bonds. The van der Waals surface area contributed by atoms with E-state index >= 15 is 0 Å². The van der Waals surface area contributed by atoms with Crippen LogP contribution in [0.25, 0.3) is 0 Å². The Hall–Kier alpha value is -1.62. The largest absolute Gasteiger partial charge is 0.462 e. The lowest BCUT2D eigenvalue weighted by Crippen LogP contribution is -2.52. The topological polar surface area (TPSA) is 72.8 Å². The molecule has 2 aliphatic rings. The molecule has 2 aliphatic carbocycles. The highest BCUT2D eigenvalue weighted by atomic mass is 16.5. The second kappa shape index (κ2) is 9.03. The summed E-state index contributed by atoms with van der Waals surface area (Å²) in [5.74, 6) is -0.315. The molecule has 2 rings (SSSR count). The van der Waals surface area contributed by atoms with Crippen LogP contribution in [-0.2, 0) is 19.1 Å². The van der Waals surface area contributed by atoms with Gasteiger partial charge in [-0.3, -0.25) is 9.59 Å². The van der Waals surface area contributed by atoms with E-state index in [1.165, 1.54) is 13.8 Å². The van der Waals surface area contributed by atoms with E-state index in [0.717, 1.165) is 24.8 Å². The van der Waals surface area contributed by atoms with E-state index in [-0.39, 0.29) is 23.3 Å². The number of carbonyl (C=O) groups is 2. The molecule has 0 aliphatic heterocycles. The predicted octanol–water partition coefficient (Wildman–Crippen LogP) is 4.59. The van der Waals surface area contributed by atoms with Crippen molar-refractivity contribution in [3.8, 4) is 0 Å². The van der Waals surface area contributed by atoms with Gasteiger partial charge < -0.3 is 14.6 Å². The van der Waals surface area contributed by atoms with Crippen molar-refractivity contribution in [2.24, 2.45) is 23.2 Å². The van der Waals surface area contributed by atoms with Crippen LogP contribution in [-0.4, -0.2) is 34.9 Å². The van der Waals surface area contributed by atoms with Crippen LogP contribution < -0.4 is 0 Å². The van der Waals surface area contributed by atoms with Crippen molar-refractivity contribution in [1.82, 2.24) is 0 Å². The predicted molar refractivity (Wildman–Crippen MR) is 113 cm³/mol. The van der Waals surface area contributed by atoms with Gasteiger partial charge >= 0.3 is 11.9 Å². The molecule has 0 heterocycles. The lowest BCUT2D eigenvalue weighted by atomic mass is 9.59. The van der Waals surface area contributed by atoms with E-state index in [0.29, 0.717) is 24.7 Å². The third-order valence-electron chi connectivity index (χ3n) is 6.77. The Bertz CT molecular complexity index is 659. The normalized spacial score (nSPS) is 36.1. The molecule has 0 bridgehead atoms. The first-order chi connectivity index (χ1) is 13.4. The fourth-order valence-electron chi connectivity index (χ4n) is 5.78. The van der Waals surface area contributed by atoms with Gasteiger partial charge in [0.25, 0.3) is 0 Å². The van der Waals surface area contributed by atoms with E-state index in [1.807, 2.05) is 0 Å². The standard InChI is InChI=1S/C24H38O5/c1-15-12-13-24(7)19(15)10-8-9-11-20(28-17(3)25)16(2)14-21(29-18(4)26)22(24)23(5,6)27/h12-13,15,19-22,27H,2,8-11,14H2,1,3-7H3/t15-,19+,20-,21+,22+,24+/m0/s1. The van der Waals surface area contributed by atoms with Crippen LogP contribution >= 0.6 is 0 Å². The van der Waals surface area contributed by atoms with Gasteiger partial charge in [0.15, 0.2) is 0 Å². The Kier molecular flexibility index (Phi) is 7.37. The zero-order chi connectivity index (χ0) is 22.0. The summed E-state index contributed by atoms with van der Waals surface area (Å²) in [4.78, 5) is 23.6. The van der Waals surface area contributed by atoms with Gasteiger partial charge in [-0.1, -0.05) is 39.0 Å². The summed E-state index contributed by atoms with van der Waals surface area (Å²) in [5, 5.41) is 11.2. The quantitative estimate of drug-likeness (QED) is 0.548. The molecule has 1 saturated carbocycles. The van der Waals surface area contributed by atoms with Crippen molar-refractivity contribution in [2.45, 2.75) is 91.5 Å². The highest BCUT2D eigenvalue weighted by molar-refractivity contribution is 5.67. The summed E-state index contributed by atoms with van der Waals surface area (Å²) in [6.45, 7) is 15.0. The number of carbonyl (C=O) groups excluding carboxylic acids is 2. The van der Waals surface area contributed by atoms with Gasteiger partial charge in [0, 0.05) is 26.2 Å². The lowest BCUT2D eigenvalue weighted by molar-refractivity contribution is -0.165. The van der Waals surface area contributed by atoms with Gasteiger partial charge in [-0.2, -0.15) is 0 Å². The third kappa shape index (κ3) is 5.50. The average molecular weight is 407 g/mol. The Morgan fingerprint density at radius 1 is 1.17 bits per heavy atom. The number of esters is 2. The fourth-order valence-corrected chi connectivity index (χ4v) is 5.78. The van der Waals surface area contributed by atoms with Crippen LogP contribution in [0, 0.1) is 23.2 Å². The monoisotopic (exact) mass is 406 g/mol. The molecule has 5 heteroatoms. The summed E-state index contributed by atoms with van der Waals surface area (Å²) < 4.78 is 11.3. The Morgan fingerprint density at radius 3 is 2.31 bits per heavy atom. The highest BCUT2D eigenvalue weighted by Gasteiger charge is 2.53. The summed E-state index contributed by atoms with van der Waals surface area (Å²) in [7, 11) is 0. The first-order valence-corrected chi connectivity index (χ1v) is 10.8. The number of fused-ring (bicyclic) bond motifs is 1. The molecule has 0 spiro atoms. The molecule has 0 aromatic carbocycles. The number of hydrogen-bond donors (Lipinski definition) is 1. The Labute approximate surface area is 175 Å². The maximum atomic E-state index is 12.0. The van der Waals surface area contributed by atoms with Crippen molar-refractivity contribution in [1.29, 1.82) is 0 Å². The molecule has 1 N–H and O–H groups in total. The molecular formula is C24H38O5. The van der Waals surface area contributed by atoms with E-state index < -0.39 is 17.8 Å². The van der Waals surface area contributed by atoms with Crippen molar-refractivity contribution in [2.75, 3.05) is 0 Å². The zero-order valence-electron chi connectivity index (χ0n) is 18.9. The second-order valence-corrected chi connectivity index (χ2v) is 9.71. The smallest absolute Gasteiger partial charge is 0.303 e. The maximum absolute atomic E-state index is 12.0. The van der Waals surface area contributed by atoms with Crippen LogP contribution in [0.1, 0.15) is 73.6 Å². The Morgan fingerprint density at radius 2 is 1.76 bits per heavy atom. The molecule has 1 fully saturated rings. The first-order valence-electron chi connectivity index (χ1n) is 10.8. The fraction of sp³-hybridized carbons (Fsp3) is 0.750.